The van der Waals surface area contributed by atoms with Crippen LogP contribution in [0.5, 0.6) is 11.8 Å². The first kappa shape index (κ1) is 53.3. The van der Waals surface area contributed by atoms with E-state index in [1.54, 1.807) is 39.8 Å². The van der Waals surface area contributed by atoms with Crippen LogP contribution in [0.25, 0.3) is 44.2 Å². The van der Waals surface area contributed by atoms with Crippen LogP contribution < -0.4 is 10.3 Å². The number of fused-ring (bicyclic) bond motifs is 8. The molecule has 8 rings (SSSR count). The van der Waals surface area contributed by atoms with E-state index in [4.69, 9.17) is 9.72 Å². The van der Waals surface area contributed by atoms with E-state index in [0.717, 1.165) is 4.57 Å². The highest BCUT2D eigenvalue weighted by atomic mass is 19.4. The quantitative estimate of drug-likeness (QED) is 0.0682. The second-order valence-electron chi connectivity index (χ2n) is 18.7. The third-order valence-electron chi connectivity index (χ3n) is 14.0. The number of rotatable bonds is 10. The van der Waals surface area contributed by atoms with Crippen LogP contribution in [0.2, 0.25) is 0 Å². The van der Waals surface area contributed by atoms with Crippen LogP contribution in [-0.4, -0.2) is 42.8 Å². The number of hydrogen-bond donors (Lipinski definition) is 5. The zero-order chi connectivity index (χ0) is 54.3. The summed E-state index contributed by atoms with van der Waals surface area (Å²) >= 11 is 0. The van der Waals surface area contributed by atoms with Crippen molar-refractivity contribution in [3.8, 4) is 23.0 Å². The molecule has 0 spiro atoms. The largest absolute Gasteiger partial charge is 0.494 e. The third-order valence-corrected chi connectivity index (χ3v) is 14.0. The maximum absolute atomic E-state index is 14.1. The van der Waals surface area contributed by atoms with Gasteiger partial charge in [0, 0.05) is 64.7 Å². The first-order valence-corrected chi connectivity index (χ1v) is 23.2. The first-order chi connectivity index (χ1) is 34.4. The van der Waals surface area contributed by atoms with Crippen LogP contribution in [-0.2, 0) is 53.7 Å². The van der Waals surface area contributed by atoms with E-state index in [1.165, 1.54) is 7.11 Å². The number of aromatic amines is 3. The van der Waals surface area contributed by atoms with Crippen LogP contribution in [0.15, 0.2) is 54.6 Å². The summed E-state index contributed by atoms with van der Waals surface area (Å²) in [5.74, 6) is -2.56. The van der Waals surface area contributed by atoms with Crippen molar-refractivity contribution < 1.29 is 77.4 Å². The molecule has 74 heavy (non-hydrogen) atoms. The van der Waals surface area contributed by atoms with Crippen LogP contribution in [0.1, 0.15) is 124 Å². The minimum Gasteiger partial charge on any atom is -0.494 e. The molecule has 0 radical (unpaired) electrons. The Morgan fingerprint density at radius 2 is 1.30 bits per heavy atom. The van der Waals surface area contributed by atoms with Crippen molar-refractivity contribution in [3.05, 3.63) is 127 Å². The Kier molecular flexibility index (Phi) is 13.7. The zero-order valence-corrected chi connectivity index (χ0v) is 40.6. The van der Waals surface area contributed by atoms with E-state index in [1.807, 2.05) is 19.9 Å². The highest BCUT2D eigenvalue weighted by molar-refractivity contribution is 6.02. The van der Waals surface area contributed by atoms with E-state index in [2.05, 4.69) is 20.3 Å². The second-order valence-corrected chi connectivity index (χ2v) is 18.7. The molecule has 22 heteroatoms. The van der Waals surface area contributed by atoms with Gasteiger partial charge in [-0.05, 0) is 122 Å². The topological polar surface area (TPSA) is 142 Å². The molecule has 0 aliphatic carbocycles. The van der Waals surface area contributed by atoms with Crippen LogP contribution in [0.4, 0.5) is 52.7 Å². The van der Waals surface area contributed by atoms with Gasteiger partial charge in [-0.25, -0.2) is 4.98 Å². The predicted molar refractivity (Wildman–Crippen MR) is 250 cm³/mol. The van der Waals surface area contributed by atoms with Gasteiger partial charge in [-0.3, -0.25) is 14.3 Å². The minimum atomic E-state index is -5.21. The van der Waals surface area contributed by atoms with Crippen molar-refractivity contribution in [2.75, 3.05) is 7.11 Å². The highest BCUT2D eigenvalue weighted by Crippen LogP contribution is 2.47. The van der Waals surface area contributed by atoms with Crippen molar-refractivity contribution in [2.45, 2.75) is 116 Å². The molecule has 8 bridgehead atoms. The molecule has 6 heterocycles. The van der Waals surface area contributed by atoms with Gasteiger partial charge < -0.3 is 30.2 Å². The molecule has 0 fully saturated rings. The number of aromatic hydroxyl groups is 2. The summed E-state index contributed by atoms with van der Waals surface area (Å²) in [5.41, 5.74) is -1.31. The number of alkyl halides is 12. The summed E-state index contributed by atoms with van der Waals surface area (Å²) in [6.45, 7) is 9.38. The van der Waals surface area contributed by atoms with Crippen LogP contribution >= 0.6 is 0 Å². The lowest BCUT2D eigenvalue weighted by Gasteiger charge is -2.18. The molecule has 3 aliphatic heterocycles. The number of methoxy groups -OCH3 is 1. The first-order valence-electron chi connectivity index (χ1n) is 23.2. The molecule has 2 aromatic carbocycles. The number of nitrogens with zero attached hydrogens (tertiary/aromatic N) is 2. The highest BCUT2D eigenvalue weighted by Gasteiger charge is 2.40. The Hall–Kier alpha value is -6.97. The van der Waals surface area contributed by atoms with Gasteiger partial charge in [-0.1, -0.05) is 13.8 Å². The van der Waals surface area contributed by atoms with Gasteiger partial charge in [0.25, 0.3) is 0 Å². The molecule has 10 nitrogen and oxygen atoms in total. The van der Waals surface area contributed by atoms with E-state index in [-0.39, 0.29) is 64.5 Å². The number of aryl methyl sites for hydroxylation is 4. The molecular formula is C52H49F12N6O4+. The maximum atomic E-state index is 14.1. The summed E-state index contributed by atoms with van der Waals surface area (Å²) in [4.78, 5) is 27.8. The molecule has 3 unspecified atom stereocenters. The maximum Gasteiger partial charge on any atom is 0.416 e. The molecule has 0 saturated heterocycles. The number of aromatic nitrogens is 5. The van der Waals surface area contributed by atoms with Crippen molar-refractivity contribution >= 4 is 38.9 Å². The standard InChI is InChI=1S/C52H48F12N6O4/c1-8-33-22(2)35-19-40-42(26(6)65-20-27-11-29(49(53,54)55)15-30(12-27)50(56,57)58)24(4)37(67-40)17-36-23(3)34(9-10-41(71)74-7)45(68-36)44-46-43(25(5)38(69-46)18-39(33)66-35)47(72)70(48(44)73)21-28-13-31(51(59,60)61)16-32(14-28)52(62,63)64/h11-19,22,26,33,65,67-68,72-73H,8-10,20-21H2,1-7H3/p+1. The average Bonchev–Trinajstić information content (AvgIpc) is 4.00. The molecule has 5 aromatic rings. The molecule has 3 aliphatic rings. The number of esters is 1. The normalized spacial score (nSPS) is 15.7. The Morgan fingerprint density at radius 1 is 0.743 bits per heavy atom. The summed E-state index contributed by atoms with van der Waals surface area (Å²) in [7, 11) is 1.18. The number of carbonyl (C=O) groups excluding carboxylic acids is 1. The number of halogens is 12. The summed E-state index contributed by atoms with van der Waals surface area (Å²) in [5, 5.41) is 27.5. The monoisotopic (exact) mass is 1050 g/mol. The third kappa shape index (κ3) is 10.0. The Labute approximate surface area is 414 Å². The van der Waals surface area contributed by atoms with Crippen molar-refractivity contribution in [1.82, 2.24) is 24.8 Å². The van der Waals surface area contributed by atoms with Gasteiger partial charge in [-0.15, -0.1) is 0 Å². The fraction of sp³-hybridized carbons (Fsp3) is 0.365. The molecule has 6 N–H and O–H groups in total. The summed E-state index contributed by atoms with van der Waals surface area (Å²) in [6, 6.07) is 6.84. The number of pyridine rings is 1. The molecule has 394 valence electrons. The predicted octanol–water partition coefficient (Wildman–Crippen LogP) is 13.6. The lowest BCUT2D eigenvalue weighted by molar-refractivity contribution is -0.326. The number of hydrogen-bond acceptors (Lipinski definition) is 6. The van der Waals surface area contributed by atoms with Crippen LogP contribution in [0.3, 0.4) is 0 Å². The molecule has 0 saturated carbocycles. The van der Waals surface area contributed by atoms with E-state index in [0.29, 0.717) is 92.0 Å². The van der Waals surface area contributed by atoms with Gasteiger partial charge in [0.05, 0.1) is 47.1 Å². The number of ether oxygens (including phenoxy) is 1. The molecule has 0 amide bonds. The fourth-order valence-corrected chi connectivity index (χ4v) is 10.1. The Morgan fingerprint density at radius 3 is 1.84 bits per heavy atom. The van der Waals surface area contributed by atoms with E-state index in [9.17, 15) is 67.7 Å². The number of H-pyrrole nitrogens is 3. The van der Waals surface area contributed by atoms with Crippen molar-refractivity contribution in [3.63, 3.8) is 0 Å². The van der Waals surface area contributed by atoms with Gasteiger partial charge in [-0.2, -0.15) is 52.7 Å². The van der Waals surface area contributed by atoms with Gasteiger partial charge >= 0.3 is 30.7 Å². The van der Waals surface area contributed by atoms with Crippen molar-refractivity contribution in [2.24, 2.45) is 0 Å². The Bertz CT molecular complexity index is 3370. The summed E-state index contributed by atoms with van der Waals surface area (Å²) < 4.78 is 173. The zero-order valence-electron chi connectivity index (χ0n) is 40.6. The lowest BCUT2D eigenvalue weighted by atomic mass is 9.89. The number of nitrogens with one attached hydrogen (secondary N) is 4. The SMILES string of the molecule is CCC1c2cc3[nH+]c4c(c(O)n(Cc5cc(C(F)(F)F)cc(C(F)(F)F)c5)c(O)c-4c3C)c3[nH]c(cc4[nH]c(cc(n2)C1C)c(C(C)NCc1cc(C(F)(F)F)cc(C(F)(F)F)c1)c4C)c(C)c3CCC(=O)OC. The van der Waals surface area contributed by atoms with Gasteiger partial charge in [0.2, 0.25) is 23.0 Å². The number of benzene rings is 2. The molecule has 3 atom stereocenters. The average molecular weight is 1050 g/mol. The van der Waals surface area contributed by atoms with E-state index < -0.39 is 89.4 Å². The van der Waals surface area contributed by atoms with E-state index >= 15 is 0 Å². The van der Waals surface area contributed by atoms with Gasteiger partial charge in [0.1, 0.15) is 10.9 Å². The molecular weight excluding hydrogens is 1000 g/mol. The second kappa shape index (κ2) is 19.1. The Balaban J connectivity index is 1.43. The van der Waals surface area contributed by atoms with Crippen molar-refractivity contribution in [1.29, 1.82) is 0 Å². The molecule has 3 aromatic heterocycles. The smallest absolute Gasteiger partial charge is 0.416 e. The lowest BCUT2D eigenvalue weighted by Crippen LogP contribution is -2.20. The minimum absolute atomic E-state index is 0.0339. The summed E-state index contributed by atoms with van der Waals surface area (Å²) in [6.07, 6.45) is -20.2. The van der Waals surface area contributed by atoms with Crippen LogP contribution in [0, 0.1) is 20.8 Å². The fourth-order valence-electron chi connectivity index (χ4n) is 10.1. The number of carbonyl (C=O) groups is 1. The van der Waals surface area contributed by atoms with Gasteiger partial charge in [0.15, 0.2) is 0 Å².